The molecule has 2 fully saturated rings. The number of aliphatic hydroxyl groups is 1. The van der Waals surface area contributed by atoms with E-state index in [1.807, 2.05) is 13.8 Å². The van der Waals surface area contributed by atoms with Crippen LogP contribution in [0.1, 0.15) is 69.7 Å². The summed E-state index contributed by atoms with van der Waals surface area (Å²) in [4.78, 5) is 66.8. The van der Waals surface area contributed by atoms with Gasteiger partial charge in [0.1, 0.15) is 37.6 Å². The second-order valence-corrected chi connectivity index (χ2v) is 10.1. The first-order valence-electron chi connectivity index (χ1n) is 13.4. The summed E-state index contributed by atoms with van der Waals surface area (Å²) >= 11 is 0. The van der Waals surface area contributed by atoms with Crippen LogP contribution in [0, 0.1) is 11.8 Å². The fraction of sp³-hybridized carbons (Fsp3) is 0.786. The van der Waals surface area contributed by atoms with Crippen molar-refractivity contribution < 1.29 is 71.8 Å². The Kier molecular flexibility index (Phi) is 17.0. The molecule has 0 spiro atoms. The van der Waals surface area contributed by atoms with Crippen molar-refractivity contribution in [1.29, 1.82) is 0 Å². The molecule has 0 radical (unpaired) electrons. The summed E-state index contributed by atoms with van der Waals surface area (Å²) in [7, 11) is 0. The maximum atomic E-state index is 11.3. The van der Waals surface area contributed by atoms with Crippen LogP contribution in [0.2, 0.25) is 0 Å². The molecular weight excluding hydrogens is 576 g/mol. The summed E-state index contributed by atoms with van der Waals surface area (Å²) in [6, 6.07) is 0. The van der Waals surface area contributed by atoms with E-state index < -0.39 is 84.6 Å². The molecule has 10 atom stereocenters. The Morgan fingerprint density at radius 1 is 0.535 bits per heavy atom. The molecule has 0 saturated carbocycles. The highest BCUT2D eigenvalue weighted by Crippen LogP contribution is 2.31. The Morgan fingerprint density at radius 3 is 1.21 bits per heavy atom. The van der Waals surface area contributed by atoms with E-state index in [2.05, 4.69) is 0 Å². The van der Waals surface area contributed by atoms with Gasteiger partial charge in [-0.3, -0.25) is 28.8 Å². The number of ether oxygens (including phenoxy) is 8. The van der Waals surface area contributed by atoms with Crippen molar-refractivity contribution in [1.82, 2.24) is 0 Å². The molecule has 0 aromatic carbocycles. The molecule has 0 bridgehead atoms. The van der Waals surface area contributed by atoms with Gasteiger partial charge in [0.2, 0.25) is 0 Å². The molecule has 15 heteroatoms. The van der Waals surface area contributed by atoms with Gasteiger partial charge in [0, 0.05) is 53.4 Å². The molecule has 15 nitrogen and oxygen atoms in total. The Labute approximate surface area is 251 Å². The van der Waals surface area contributed by atoms with Crippen LogP contribution in [-0.2, 0) is 66.7 Å². The van der Waals surface area contributed by atoms with E-state index in [4.69, 9.17) is 37.9 Å². The van der Waals surface area contributed by atoms with E-state index >= 15 is 0 Å². The number of rotatable bonds is 8. The van der Waals surface area contributed by atoms with Crippen molar-refractivity contribution in [2.24, 2.45) is 11.8 Å². The lowest BCUT2D eigenvalue weighted by molar-refractivity contribution is -0.275. The van der Waals surface area contributed by atoms with Crippen LogP contribution in [-0.4, -0.2) is 103 Å². The standard InChI is InChI=1S/C14H22O7.C13H20O8.CH4/c1-7-8(2)19-12(6-18-9(3)15)14(21-11(5)17)13(7)20-10(4)16;1-6-11(19-8(3)15)12(20-9(4)16)10(21-13(6)17)5-18-7(2)14;/h7-8,12-14H,6H2,1-5H3;6,10-13,17H,5H2,1-4H3;1H4. The van der Waals surface area contributed by atoms with Crippen molar-refractivity contribution >= 4 is 35.8 Å². The number of carbonyl (C=O) groups is 6. The van der Waals surface area contributed by atoms with Crippen molar-refractivity contribution in [3.63, 3.8) is 0 Å². The number of esters is 6. The Bertz CT molecular complexity index is 890. The number of aliphatic hydroxyl groups excluding tert-OH is 1. The van der Waals surface area contributed by atoms with Gasteiger partial charge >= 0.3 is 35.8 Å². The first kappa shape index (κ1) is 39.7. The molecule has 10 unspecified atom stereocenters. The Hall–Kier alpha value is -3.30. The van der Waals surface area contributed by atoms with E-state index in [-0.39, 0.29) is 32.7 Å². The predicted molar refractivity (Wildman–Crippen MR) is 146 cm³/mol. The van der Waals surface area contributed by atoms with E-state index in [0.717, 1.165) is 0 Å². The molecule has 1 N–H and O–H groups in total. The van der Waals surface area contributed by atoms with Gasteiger partial charge in [-0.2, -0.15) is 0 Å². The number of carbonyl (C=O) groups excluding carboxylic acids is 6. The smallest absolute Gasteiger partial charge is 0.303 e. The normalized spacial score (nSPS) is 31.4. The van der Waals surface area contributed by atoms with E-state index in [9.17, 15) is 33.9 Å². The van der Waals surface area contributed by atoms with Gasteiger partial charge in [-0.15, -0.1) is 0 Å². The van der Waals surface area contributed by atoms with Gasteiger partial charge in [-0.1, -0.05) is 21.3 Å². The minimum Gasteiger partial charge on any atom is -0.463 e. The SMILES string of the molecule is C.CC(=O)OCC1OC(C)C(C)C(OC(C)=O)C1OC(C)=O.CC(=O)OCC1OC(O)C(C)C(OC(C)=O)C1OC(C)=O. The minimum atomic E-state index is -1.23. The minimum absolute atomic E-state index is 0. The topological polar surface area (TPSA) is 196 Å². The summed E-state index contributed by atoms with van der Waals surface area (Å²) in [6.07, 6.45) is -6.38. The third kappa shape index (κ3) is 13.3. The maximum Gasteiger partial charge on any atom is 0.303 e. The zero-order valence-corrected chi connectivity index (χ0v) is 25.4. The average molecular weight is 623 g/mol. The second-order valence-electron chi connectivity index (χ2n) is 10.1. The van der Waals surface area contributed by atoms with Gasteiger partial charge < -0.3 is 43.0 Å². The van der Waals surface area contributed by atoms with Gasteiger partial charge in [-0.05, 0) is 6.92 Å². The van der Waals surface area contributed by atoms with Crippen LogP contribution in [0.25, 0.3) is 0 Å². The molecule has 0 aliphatic carbocycles. The summed E-state index contributed by atoms with van der Waals surface area (Å²) in [5.41, 5.74) is 0. The van der Waals surface area contributed by atoms with E-state index in [1.165, 1.54) is 41.5 Å². The molecule has 2 aliphatic rings. The van der Waals surface area contributed by atoms with Crippen LogP contribution in [0.15, 0.2) is 0 Å². The predicted octanol–water partition coefficient (Wildman–Crippen LogP) is 1.24. The Morgan fingerprint density at radius 2 is 0.860 bits per heavy atom. The van der Waals surface area contributed by atoms with Crippen LogP contribution in [0.3, 0.4) is 0 Å². The first-order valence-corrected chi connectivity index (χ1v) is 13.4. The first-order chi connectivity index (χ1) is 19.4. The third-order valence-electron chi connectivity index (χ3n) is 6.42. The lowest BCUT2D eigenvalue weighted by Gasteiger charge is -2.43. The molecule has 2 aliphatic heterocycles. The van der Waals surface area contributed by atoms with Crippen molar-refractivity contribution in [2.45, 2.75) is 119 Å². The van der Waals surface area contributed by atoms with Crippen molar-refractivity contribution in [3.8, 4) is 0 Å². The Balaban J connectivity index is 0.000000802. The lowest BCUT2D eigenvalue weighted by Crippen LogP contribution is -2.57. The molecule has 2 rings (SSSR count). The molecule has 248 valence electrons. The summed E-state index contributed by atoms with van der Waals surface area (Å²) < 4.78 is 41.5. The molecule has 0 aromatic heterocycles. The van der Waals surface area contributed by atoms with Gasteiger partial charge in [-0.25, -0.2) is 0 Å². The molecule has 0 aromatic rings. The van der Waals surface area contributed by atoms with Crippen LogP contribution in [0.5, 0.6) is 0 Å². The zero-order chi connectivity index (χ0) is 32.3. The van der Waals surface area contributed by atoms with Gasteiger partial charge in [0.15, 0.2) is 18.5 Å². The van der Waals surface area contributed by atoms with Crippen LogP contribution >= 0.6 is 0 Å². The monoisotopic (exact) mass is 622 g/mol. The quantitative estimate of drug-likeness (QED) is 0.299. The van der Waals surface area contributed by atoms with Gasteiger partial charge in [0.05, 0.1) is 6.10 Å². The maximum absolute atomic E-state index is 11.3. The van der Waals surface area contributed by atoms with Crippen LogP contribution in [0.4, 0.5) is 0 Å². The second kappa shape index (κ2) is 18.4. The van der Waals surface area contributed by atoms with Crippen LogP contribution < -0.4 is 0 Å². The lowest BCUT2D eigenvalue weighted by atomic mass is 9.88. The highest BCUT2D eigenvalue weighted by atomic mass is 16.7. The molecule has 2 saturated heterocycles. The van der Waals surface area contributed by atoms with E-state index in [0.29, 0.717) is 0 Å². The highest BCUT2D eigenvalue weighted by molar-refractivity contribution is 5.68. The molecule has 43 heavy (non-hydrogen) atoms. The summed E-state index contributed by atoms with van der Waals surface area (Å²) in [6.45, 7) is 12.4. The number of hydrogen-bond donors (Lipinski definition) is 1. The zero-order valence-electron chi connectivity index (χ0n) is 25.4. The fourth-order valence-corrected chi connectivity index (χ4v) is 4.38. The van der Waals surface area contributed by atoms with Gasteiger partial charge in [0.25, 0.3) is 0 Å². The highest BCUT2D eigenvalue weighted by Gasteiger charge is 2.48. The van der Waals surface area contributed by atoms with Crippen molar-refractivity contribution in [3.05, 3.63) is 0 Å². The van der Waals surface area contributed by atoms with Crippen molar-refractivity contribution in [2.75, 3.05) is 13.2 Å². The fourth-order valence-electron chi connectivity index (χ4n) is 4.38. The average Bonchev–Trinajstić information content (AvgIpc) is 2.85. The number of hydrogen-bond acceptors (Lipinski definition) is 15. The third-order valence-corrected chi connectivity index (χ3v) is 6.42. The van der Waals surface area contributed by atoms with E-state index in [1.54, 1.807) is 6.92 Å². The summed E-state index contributed by atoms with van der Waals surface area (Å²) in [5, 5.41) is 9.85. The molecular formula is C28H46O15. The molecule has 2 heterocycles. The largest absolute Gasteiger partial charge is 0.463 e. The summed E-state index contributed by atoms with van der Waals surface area (Å²) in [5.74, 6) is -3.94. The molecule has 0 amide bonds.